The van der Waals surface area contributed by atoms with Crippen molar-refractivity contribution in [1.82, 2.24) is 5.32 Å². The summed E-state index contributed by atoms with van der Waals surface area (Å²) in [7, 11) is 0. The highest BCUT2D eigenvalue weighted by molar-refractivity contribution is 5.87. The zero-order valence-corrected chi connectivity index (χ0v) is 16.2. The molecule has 1 saturated carbocycles. The summed E-state index contributed by atoms with van der Waals surface area (Å²) < 4.78 is 0. The molecule has 0 heterocycles. The van der Waals surface area contributed by atoms with Gasteiger partial charge >= 0.3 is 5.97 Å². The van der Waals surface area contributed by atoms with Gasteiger partial charge in [0.25, 0.3) is 0 Å². The van der Waals surface area contributed by atoms with Crippen LogP contribution in [0, 0.1) is 23.2 Å². The molecule has 140 valence electrons. The molecule has 2 atom stereocenters. The van der Waals surface area contributed by atoms with Crippen molar-refractivity contribution in [1.29, 1.82) is 0 Å². The third kappa shape index (κ3) is 6.10. The standard InChI is InChI=1S/C20H37NO3/c1-6-15(4)17(18(22)23)21-19(24)20(5)12-10-16(11-13-20)9-7-8-14(2)3/h14-17H,6-13H2,1-5H3,(H,21,24)(H,22,23)/t15?,16?,17-,20?/m0/s1. The lowest BCUT2D eigenvalue weighted by Gasteiger charge is -2.37. The van der Waals surface area contributed by atoms with E-state index in [2.05, 4.69) is 19.2 Å². The molecule has 1 amide bonds. The SMILES string of the molecule is CCC(C)[C@H](NC(=O)C1(C)CCC(CCCC(C)C)CC1)C(=O)O. The van der Waals surface area contributed by atoms with Gasteiger partial charge in [0.05, 0.1) is 0 Å². The molecule has 0 radical (unpaired) electrons. The number of nitrogens with one attached hydrogen (secondary N) is 1. The van der Waals surface area contributed by atoms with Crippen LogP contribution in [-0.4, -0.2) is 23.0 Å². The van der Waals surface area contributed by atoms with Crippen LogP contribution in [0.25, 0.3) is 0 Å². The van der Waals surface area contributed by atoms with E-state index in [-0.39, 0.29) is 11.8 Å². The maximum atomic E-state index is 12.7. The molecule has 1 aliphatic rings. The van der Waals surface area contributed by atoms with E-state index in [0.717, 1.165) is 43.9 Å². The van der Waals surface area contributed by atoms with Gasteiger partial charge in [-0.15, -0.1) is 0 Å². The quantitative estimate of drug-likeness (QED) is 0.644. The molecule has 4 nitrogen and oxygen atoms in total. The predicted octanol–water partition coefficient (Wildman–Crippen LogP) is 4.62. The zero-order chi connectivity index (χ0) is 18.3. The van der Waals surface area contributed by atoms with E-state index in [4.69, 9.17) is 0 Å². The van der Waals surface area contributed by atoms with Crippen molar-refractivity contribution in [2.24, 2.45) is 23.2 Å². The van der Waals surface area contributed by atoms with Crippen molar-refractivity contribution in [2.75, 3.05) is 0 Å². The van der Waals surface area contributed by atoms with E-state index in [9.17, 15) is 14.7 Å². The summed E-state index contributed by atoms with van der Waals surface area (Å²) in [6.45, 7) is 10.4. The molecule has 1 unspecified atom stereocenters. The normalized spacial score (nSPS) is 26.8. The molecule has 0 bridgehead atoms. The van der Waals surface area contributed by atoms with E-state index < -0.39 is 17.4 Å². The van der Waals surface area contributed by atoms with Gasteiger partial charge in [0.1, 0.15) is 6.04 Å². The molecule has 24 heavy (non-hydrogen) atoms. The lowest BCUT2D eigenvalue weighted by molar-refractivity contribution is -0.146. The monoisotopic (exact) mass is 339 g/mol. The summed E-state index contributed by atoms with van der Waals surface area (Å²) in [6.07, 6.45) is 8.48. The van der Waals surface area contributed by atoms with Crippen LogP contribution in [0.5, 0.6) is 0 Å². The van der Waals surface area contributed by atoms with Crippen molar-refractivity contribution in [3.05, 3.63) is 0 Å². The highest BCUT2D eigenvalue weighted by atomic mass is 16.4. The number of hydrogen-bond acceptors (Lipinski definition) is 2. The minimum atomic E-state index is -0.927. The topological polar surface area (TPSA) is 66.4 Å². The largest absolute Gasteiger partial charge is 0.480 e. The highest BCUT2D eigenvalue weighted by Gasteiger charge is 2.39. The minimum absolute atomic E-state index is 0.0533. The number of aliphatic carboxylic acids is 1. The molecule has 4 heteroatoms. The Morgan fingerprint density at radius 1 is 1.21 bits per heavy atom. The van der Waals surface area contributed by atoms with Crippen LogP contribution in [0.3, 0.4) is 0 Å². The van der Waals surface area contributed by atoms with Crippen LogP contribution in [-0.2, 0) is 9.59 Å². The van der Waals surface area contributed by atoms with Crippen LogP contribution in [0.1, 0.15) is 86.0 Å². The smallest absolute Gasteiger partial charge is 0.326 e. The molecule has 0 aromatic carbocycles. The first-order chi connectivity index (χ1) is 11.2. The molecule has 0 aliphatic heterocycles. The van der Waals surface area contributed by atoms with Crippen LogP contribution in [0.15, 0.2) is 0 Å². The number of carboxylic acid groups (broad SMARTS) is 1. The van der Waals surface area contributed by atoms with Crippen molar-refractivity contribution in [3.63, 3.8) is 0 Å². The number of hydrogen-bond donors (Lipinski definition) is 2. The summed E-state index contributed by atoms with van der Waals surface area (Å²) >= 11 is 0. The number of carbonyl (C=O) groups is 2. The van der Waals surface area contributed by atoms with E-state index in [1.165, 1.54) is 19.3 Å². The van der Waals surface area contributed by atoms with Crippen LogP contribution >= 0.6 is 0 Å². The fourth-order valence-electron chi connectivity index (χ4n) is 3.64. The summed E-state index contributed by atoms with van der Waals surface area (Å²) in [4.78, 5) is 24.1. The van der Waals surface area contributed by atoms with Gasteiger partial charge in [-0.1, -0.05) is 60.3 Å². The first-order valence-electron chi connectivity index (χ1n) is 9.73. The second kappa shape index (κ2) is 9.43. The molecule has 2 N–H and O–H groups in total. The molecule has 1 rings (SSSR count). The summed E-state index contributed by atoms with van der Waals surface area (Å²) in [6, 6.07) is -0.775. The Hall–Kier alpha value is -1.06. The fraction of sp³-hybridized carbons (Fsp3) is 0.900. The van der Waals surface area contributed by atoms with Crippen LogP contribution < -0.4 is 5.32 Å². The maximum Gasteiger partial charge on any atom is 0.326 e. The molecule has 0 aromatic heterocycles. The van der Waals surface area contributed by atoms with E-state index in [1.807, 2.05) is 20.8 Å². The molecule has 1 fully saturated rings. The Balaban J connectivity index is 2.52. The Morgan fingerprint density at radius 2 is 1.79 bits per heavy atom. The lowest BCUT2D eigenvalue weighted by atomic mass is 9.70. The van der Waals surface area contributed by atoms with Gasteiger partial charge in [0.15, 0.2) is 0 Å². The average Bonchev–Trinajstić information content (AvgIpc) is 2.53. The molecule has 0 saturated heterocycles. The molecule has 0 spiro atoms. The van der Waals surface area contributed by atoms with Gasteiger partial charge in [-0.2, -0.15) is 0 Å². The Kier molecular flexibility index (Phi) is 8.24. The van der Waals surface area contributed by atoms with Gasteiger partial charge in [-0.25, -0.2) is 4.79 Å². The Bertz CT molecular complexity index is 411. The summed E-state index contributed by atoms with van der Waals surface area (Å²) in [5.41, 5.74) is -0.407. The molecule has 1 aliphatic carbocycles. The number of carbonyl (C=O) groups excluding carboxylic acids is 1. The average molecular weight is 340 g/mol. The lowest BCUT2D eigenvalue weighted by Crippen LogP contribution is -2.51. The first-order valence-corrected chi connectivity index (χ1v) is 9.73. The van der Waals surface area contributed by atoms with Crippen LogP contribution in [0.2, 0.25) is 0 Å². The molecular weight excluding hydrogens is 302 g/mol. The van der Waals surface area contributed by atoms with Crippen LogP contribution in [0.4, 0.5) is 0 Å². The van der Waals surface area contributed by atoms with Gasteiger partial charge in [0, 0.05) is 5.41 Å². The van der Waals surface area contributed by atoms with Crippen molar-refractivity contribution in [2.45, 2.75) is 92.0 Å². The van der Waals surface area contributed by atoms with E-state index in [1.54, 1.807) is 0 Å². The van der Waals surface area contributed by atoms with Gasteiger partial charge in [0.2, 0.25) is 5.91 Å². The van der Waals surface area contributed by atoms with Crippen molar-refractivity contribution in [3.8, 4) is 0 Å². The molecule has 0 aromatic rings. The number of carboxylic acids is 1. The molecular formula is C20H37NO3. The van der Waals surface area contributed by atoms with Gasteiger partial charge in [-0.3, -0.25) is 4.79 Å². The Labute approximate surface area is 147 Å². The summed E-state index contributed by atoms with van der Waals surface area (Å²) in [5.74, 6) is 0.439. The van der Waals surface area contributed by atoms with Crippen molar-refractivity contribution < 1.29 is 14.7 Å². The van der Waals surface area contributed by atoms with E-state index in [0.29, 0.717) is 0 Å². The Morgan fingerprint density at radius 3 is 2.25 bits per heavy atom. The van der Waals surface area contributed by atoms with Gasteiger partial charge in [-0.05, 0) is 43.4 Å². The third-order valence-electron chi connectivity index (χ3n) is 5.92. The summed E-state index contributed by atoms with van der Waals surface area (Å²) in [5, 5.41) is 12.2. The number of amides is 1. The maximum absolute atomic E-state index is 12.7. The number of rotatable bonds is 9. The van der Waals surface area contributed by atoms with E-state index >= 15 is 0 Å². The zero-order valence-electron chi connectivity index (χ0n) is 16.2. The predicted molar refractivity (Wildman–Crippen MR) is 97.8 cm³/mol. The third-order valence-corrected chi connectivity index (χ3v) is 5.92. The van der Waals surface area contributed by atoms with Gasteiger partial charge < -0.3 is 10.4 Å². The first kappa shape index (κ1) is 21.0. The fourth-order valence-corrected chi connectivity index (χ4v) is 3.64. The highest BCUT2D eigenvalue weighted by Crippen LogP contribution is 2.40. The second-order valence-corrected chi connectivity index (χ2v) is 8.50. The minimum Gasteiger partial charge on any atom is -0.480 e. The van der Waals surface area contributed by atoms with Crippen molar-refractivity contribution >= 4 is 11.9 Å². The second-order valence-electron chi connectivity index (χ2n) is 8.50.